The minimum atomic E-state index is -0.319. The van der Waals surface area contributed by atoms with Crippen LogP contribution in [0.3, 0.4) is 0 Å². The van der Waals surface area contributed by atoms with Gasteiger partial charge in [0, 0.05) is 21.9 Å². The lowest BCUT2D eigenvalue weighted by atomic mass is 10.1. The van der Waals surface area contributed by atoms with E-state index in [0.717, 1.165) is 38.9 Å². The summed E-state index contributed by atoms with van der Waals surface area (Å²) in [7, 11) is 0. The van der Waals surface area contributed by atoms with E-state index in [0.29, 0.717) is 0 Å². The number of fused-ring (bicyclic) bond motifs is 3. The Morgan fingerprint density at radius 2 is 1.60 bits per heavy atom. The summed E-state index contributed by atoms with van der Waals surface area (Å²) < 4.78 is 6.11. The van der Waals surface area contributed by atoms with Crippen molar-refractivity contribution >= 4 is 34.1 Å². The molecule has 1 aliphatic heterocycles. The van der Waals surface area contributed by atoms with Crippen molar-refractivity contribution in [3.63, 3.8) is 0 Å². The molecule has 1 atom stereocenters. The molecule has 1 aromatic heterocycles. The molecule has 4 heteroatoms. The number of benzene rings is 3. The Labute approximate surface area is 144 Å². The van der Waals surface area contributed by atoms with Gasteiger partial charge in [-0.05, 0) is 6.07 Å². The van der Waals surface area contributed by atoms with Crippen LogP contribution in [0.1, 0.15) is 17.3 Å². The summed E-state index contributed by atoms with van der Waals surface area (Å²) in [5, 5.41) is 5.35. The van der Waals surface area contributed by atoms with Crippen LogP contribution < -0.4 is 5.32 Å². The topological polar surface area (TPSA) is 49.9 Å². The van der Waals surface area contributed by atoms with Crippen molar-refractivity contribution in [2.24, 2.45) is 9.98 Å². The number of aliphatic imine (C=N–C) groups is 2. The number of nitrogens with one attached hydrogen (secondary N) is 1. The van der Waals surface area contributed by atoms with Crippen molar-refractivity contribution in [2.75, 3.05) is 0 Å². The zero-order valence-corrected chi connectivity index (χ0v) is 13.4. The minimum Gasteiger partial charge on any atom is -0.456 e. The molecule has 0 amide bonds. The molecule has 0 saturated heterocycles. The van der Waals surface area contributed by atoms with Crippen LogP contribution in [0.4, 0.5) is 0 Å². The van der Waals surface area contributed by atoms with Crippen LogP contribution in [0, 0.1) is 0 Å². The fraction of sp³-hybridized carbons (Fsp3) is 0.0476. The minimum absolute atomic E-state index is 0.319. The van der Waals surface area contributed by atoms with Gasteiger partial charge in [0.25, 0.3) is 0 Å². The van der Waals surface area contributed by atoms with Gasteiger partial charge < -0.3 is 9.73 Å². The van der Waals surface area contributed by atoms with E-state index in [4.69, 9.17) is 9.41 Å². The van der Waals surface area contributed by atoms with E-state index in [1.807, 2.05) is 60.7 Å². The van der Waals surface area contributed by atoms with Gasteiger partial charge in [-0.25, -0.2) is 9.98 Å². The van der Waals surface area contributed by atoms with E-state index < -0.39 is 0 Å². The summed E-state index contributed by atoms with van der Waals surface area (Å²) >= 11 is 0. The van der Waals surface area contributed by atoms with Crippen LogP contribution in [0.25, 0.3) is 21.9 Å². The molecule has 1 unspecified atom stereocenters. The number of nitrogens with zero attached hydrogens (tertiary/aromatic N) is 2. The zero-order chi connectivity index (χ0) is 16.6. The number of hydrogen-bond acceptors (Lipinski definition) is 4. The van der Waals surface area contributed by atoms with Crippen LogP contribution in [-0.2, 0) is 0 Å². The van der Waals surface area contributed by atoms with Gasteiger partial charge >= 0.3 is 0 Å². The maximum atomic E-state index is 6.11. The lowest BCUT2D eigenvalue weighted by Gasteiger charge is -2.16. The van der Waals surface area contributed by atoms with E-state index in [1.54, 1.807) is 6.34 Å². The number of rotatable bonds is 2. The molecule has 3 aromatic carbocycles. The molecule has 0 saturated carbocycles. The Kier molecular flexibility index (Phi) is 3.13. The first kappa shape index (κ1) is 14.0. The van der Waals surface area contributed by atoms with Crippen molar-refractivity contribution in [3.05, 3.63) is 83.9 Å². The Balaban J connectivity index is 1.66. The third-order valence-electron chi connectivity index (χ3n) is 4.43. The predicted molar refractivity (Wildman–Crippen MR) is 101 cm³/mol. The van der Waals surface area contributed by atoms with Crippen molar-refractivity contribution in [1.29, 1.82) is 0 Å². The molecule has 120 valence electrons. The largest absolute Gasteiger partial charge is 0.456 e. The van der Waals surface area contributed by atoms with Crippen LogP contribution in [0.5, 0.6) is 0 Å². The third-order valence-corrected chi connectivity index (χ3v) is 4.43. The Bertz CT molecular complexity index is 1130. The third kappa shape index (κ3) is 2.31. The van der Waals surface area contributed by atoms with Gasteiger partial charge in [0.2, 0.25) is 0 Å². The molecule has 1 aliphatic rings. The molecular formula is C21H15N3O. The van der Waals surface area contributed by atoms with Crippen LogP contribution in [-0.4, -0.2) is 12.2 Å². The standard InChI is InChI=1S/C21H15N3O/c1-2-7-14(8-3-1)20-22-13-23-21(24-20)17-11-6-10-16-15-9-4-5-12-18(15)25-19(16)17/h1-13,21H,(H,22,23,24). The van der Waals surface area contributed by atoms with E-state index in [9.17, 15) is 0 Å². The molecule has 0 bridgehead atoms. The highest BCUT2D eigenvalue weighted by Crippen LogP contribution is 2.35. The molecule has 4 aromatic rings. The molecule has 0 aliphatic carbocycles. The highest BCUT2D eigenvalue weighted by atomic mass is 16.3. The average molecular weight is 325 g/mol. The van der Waals surface area contributed by atoms with Crippen LogP contribution in [0.15, 0.2) is 87.2 Å². The number of para-hydroxylation sites is 2. The molecule has 2 heterocycles. The van der Waals surface area contributed by atoms with Gasteiger partial charge in [-0.2, -0.15) is 0 Å². The molecule has 5 rings (SSSR count). The summed E-state index contributed by atoms with van der Waals surface area (Å²) in [5.41, 5.74) is 3.74. The molecular weight excluding hydrogens is 310 g/mol. The average Bonchev–Trinajstić information content (AvgIpc) is 3.07. The SMILES string of the molecule is C1=NC(c2cccc3c2oc2ccccc23)N=C(c2ccccc2)N1. The van der Waals surface area contributed by atoms with Crippen molar-refractivity contribution in [1.82, 2.24) is 5.32 Å². The first-order chi connectivity index (χ1) is 12.4. The van der Waals surface area contributed by atoms with Crippen LogP contribution >= 0.6 is 0 Å². The van der Waals surface area contributed by atoms with E-state index >= 15 is 0 Å². The van der Waals surface area contributed by atoms with Gasteiger partial charge in [-0.15, -0.1) is 0 Å². The van der Waals surface area contributed by atoms with Gasteiger partial charge in [0.1, 0.15) is 17.0 Å². The zero-order valence-electron chi connectivity index (χ0n) is 13.4. The van der Waals surface area contributed by atoms with Gasteiger partial charge in [-0.1, -0.05) is 66.7 Å². The van der Waals surface area contributed by atoms with E-state index in [1.165, 1.54) is 0 Å². The quantitative estimate of drug-likeness (QED) is 0.582. The summed E-state index contributed by atoms with van der Waals surface area (Å²) in [6.45, 7) is 0. The number of furan rings is 1. The Morgan fingerprint density at radius 3 is 2.52 bits per heavy atom. The van der Waals surface area contributed by atoms with Gasteiger partial charge in [-0.3, -0.25) is 0 Å². The Hall–Kier alpha value is -3.40. The molecule has 0 spiro atoms. The van der Waals surface area contributed by atoms with Gasteiger partial charge in [0.05, 0.1) is 6.34 Å². The lowest BCUT2D eigenvalue weighted by Crippen LogP contribution is -2.27. The Morgan fingerprint density at radius 1 is 0.800 bits per heavy atom. The first-order valence-corrected chi connectivity index (χ1v) is 8.22. The van der Waals surface area contributed by atoms with Crippen molar-refractivity contribution < 1.29 is 4.42 Å². The molecule has 1 N–H and O–H groups in total. The summed E-state index contributed by atoms with van der Waals surface area (Å²) in [6.07, 6.45) is 1.39. The maximum Gasteiger partial charge on any atom is 0.172 e. The fourth-order valence-electron chi connectivity index (χ4n) is 3.24. The molecule has 25 heavy (non-hydrogen) atoms. The van der Waals surface area contributed by atoms with Crippen LogP contribution in [0.2, 0.25) is 0 Å². The summed E-state index contributed by atoms with van der Waals surface area (Å²) in [6, 6.07) is 24.3. The smallest absolute Gasteiger partial charge is 0.172 e. The van der Waals surface area contributed by atoms with Crippen molar-refractivity contribution in [3.8, 4) is 0 Å². The van der Waals surface area contributed by atoms with Gasteiger partial charge in [0.15, 0.2) is 6.17 Å². The molecule has 0 fully saturated rings. The molecule has 4 nitrogen and oxygen atoms in total. The van der Waals surface area contributed by atoms with E-state index in [2.05, 4.69) is 22.4 Å². The highest BCUT2D eigenvalue weighted by molar-refractivity contribution is 6.07. The predicted octanol–water partition coefficient (Wildman–Crippen LogP) is 4.66. The second kappa shape index (κ2) is 5.60. The molecule has 0 radical (unpaired) electrons. The number of hydrogen-bond donors (Lipinski definition) is 1. The van der Waals surface area contributed by atoms with E-state index in [-0.39, 0.29) is 6.17 Å². The first-order valence-electron chi connectivity index (χ1n) is 8.22. The highest BCUT2D eigenvalue weighted by Gasteiger charge is 2.19. The summed E-state index contributed by atoms with van der Waals surface area (Å²) in [4.78, 5) is 9.30. The number of amidine groups is 1. The lowest BCUT2D eigenvalue weighted by molar-refractivity contribution is 0.649. The summed E-state index contributed by atoms with van der Waals surface area (Å²) in [5.74, 6) is 0.814. The maximum absolute atomic E-state index is 6.11. The second-order valence-electron chi connectivity index (χ2n) is 5.96. The normalized spacial score (nSPS) is 16.8. The fourth-order valence-corrected chi connectivity index (χ4v) is 3.24. The van der Waals surface area contributed by atoms with Crippen molar-refractivity contribution in [2.45, 2.75) is 6.17 Å². The second-order valence-corrected chi connectivity index (χ2v) is 5.96. The monoisotopic (exact) mass is 325 g/mol.